The monoisotopic (exact) mass is 350 g/mol. The number of methoxy groups -OCH3 is 1. The van der Waals surface area contributed by atoms with Crippen molar-refractivity contribution in [2.24, 2.45) is 0 Å². The second kappa shape index (κ2) is 7.54. The molecule has 0 saturated carbocycles. The largest absolute Gasteiger partial charge is 0.495 e. The minimum absolute atomic E-state index is 0.165. The molecule has 1 saturated heterocycles. The number of rotatable bonds is 4. The molecule has 0 radical (unpaired) electrons. The number of ether oxygens (including phenoxy) is 1. The van der Waals surface area contributed by atoms with Crippen LogP contribution in [0.2, 0.25) is 10.0 Å². The lowest BCUT2D eigenvalue weighted by molar-refractivity contribution is 0.198. The summed E-state index contributed by atoms with van der Waals surface area (Å²) in [6.07, 6.45) is 0. The Kier molecular flexibility index (Phi) is 5.44. The maximum absolute atomic E-state index is 6.35. The Bertz CT molecular complexity index is 655. The Balaban J connectivity index is 2.00. The predicted octanol–water partition coefficient (Wildman–Crippen LogP) is 4.00. The number of hydrogen-bond acceptors (Lipinski definition) is 3. The Morgan fingerprint density at radius 1 is 1.00 bits per heavy atom. The van der Waals surface area contributed by atoms with E-state index in [2.05, 4.69) is 28.4 Å². The molecule has 1 aliphatic heterocycles. The summed E-state index contributed by atoms with van der Waals surface area (Å²) in [5.74, 6) is 0.700. The van der Waals surface area contributed by atoms with Gasteiger partial charge in [0, 0.05) is 31.2 Å². The Labute approximate surface area is 147 Å². The van der Waals surface area contributed by atoms with Gasteiger partial charge in [0.25, 0.3) is 0 Å². The summed E-state index contributed by atoms with van der Waals surface area (Å²) in [5.41, 5.74) is 2.39. The molecule has 122 valence electrons. The highest BCUT2D eigenvalue weighted by Gasteiger charge is 2.24. The van der Waals surface area contributed by atoms with Gasteiger partial charge in [-0.3, -0.25) is 4.90 Å². The highest BCUT2D eigenvalue weighted by Crippen LogP contribution is 2.34. The summed E-state index contributed by atoms with van der Waals surface area (Å²) in [6, 6.07) is 14.3. The fourth-order valence-electron chi connectivity index (χ4n) is 3.05. The van der Waals surface area contributed by atoms with Crippen molar-refractivity contribution in [3.05, 3.63) is 63.6 Å². The molecule has 5 heteroatoms. The van der Waals surface area contributed by atoms with E-state index in [0.29, 0.717) is 10.8 Å². The van der Waals surface area contributed by atoms with Crippen molar-refractivity contribution in [3.8, 4) is 5.75 Å². The minimum Gasteiger partial charge on any atom is -0.495 e. The fraction of sp³-hybridized carbons (Fsp3) is 0.333. The van der Waals surface area contributed by atoms with E-state index in [9.17, 15) is 0 Å². The first-order chi connectivity index (χ1) is 11.2. The zero-order valence-electron chi connectivity index (χ0n) is 13.1. The lowest BCUT2D eigenvalue weighted by Crippen LogP contribution is -2.45. The van der Waals surface area contributed by atoms with Gasteiger partial charge in [-0.05, 0) is 35.4 Å². The quantitative estimate of drug-likeness (QED) is 0.901. The normalized spacial score (nSPS) is 17.0. The van der Waals surface area contributed by atoms with Crippen LogP contribution in [0.5, 0.6) is 5.75 Å². The van der Waals surface area contributed by atoms with Gasteiger partial charge in [0.2, 0.25) is 0 Å². The van der Waals surface area contributed by atoms with Gasteiger partial charge in [-0.2, -0.15) is 0 Å². The van der Waals surface area contributed by atoms with E-state index in [4.69, 9.17) is 27.9 Å². The zero-order valence-corrected chi connectivity index (χ0v) is 14.6. The van der Waals surface area contributed by atoms with Crippen molar-refractivity contribution in [2.75, 3.05) is 33.3 Å². The molecule has 0 aromatic heterocycles. The van der Waals surface area contributed by atoms with Crippen LogP contribution in [0.25, 0.3) is 0 Å². The summed E-state index contributed by atoms with van der Waals surface area (Å²) < 4.78 is 5.27. The van der Waals surface area contributed by atoms with Crippen LogP contribution in [-0.2, 0) is 0 Å². The van der Waals surface area contributed by atoms with Crippen molar-refractivity contribution in [2.45, 2.75) is 6.04 Å². The van der Waals surface area contributed by atoms with Crippen molar-refractivity contribution in [1.29, 1.82) is 0 Å². The second-order valence-electron chi connectivity index (χ2n) is 5.63. The Hall–Kier alpha value is -1.26. The maximum Gasteiger partial charge on any atom is 0.137 e. The van der Waals surface area contributed by atoms with E-state index in [1.165, 1.54) is 11.1 Å². The molecule has 0 amide bonds. The highest BCUT2D eigenvalue weighted by molar-refractivity contribution is 6.32. The molecular formula is C18H20Cl2N2O. The molecule has 0 bridgehead atoms. The highest BCUT2D eigenvalue weighted by atomic mass is 35.5. The standard InChI is InChI=1S/C18H20Cl2N2O/c1-23-17-7-4-14(12-16(17)20)18(22-10-8-21-9-11-22)13-2-5-15(19)6-3-13/h2-7,12,18,21H,8-11H2,1H3. The Morgan fingerprint density at radius 3 is 2.26 bits per heavy atom. The molecule has 2 aromatic carbocycles. The van der Waals surface area contributed by atoms with Crippen molar-refractivity contribution in [3.63, 3.8) is 0 Å². The molecule has 1 fully saturated rings. The van der Waals surface area contributed by atoms with Crippen LogP contribution in [0.4, 0.5) is 0 Å². The van der Waals surface area contributed by atoms with Gasteiger partial charge in [0.15, 0.2) is 0 Å². The fourth-order valence-corrected chi connectivity index (χ4v) is 3.44. The molecule has 3 rings (SSSR count). The SMILES string of the molecule is COc1ccc(C(c2ccc(Cl)cc2)N2CCNCC2)cc1Cl. The molecule has 1 heterocycles. The average molecular weight is 351 g/mol. The summed E-state index contributed by atoms with van der Waals surface area (Å²) >= 11 is 12.4. The molecule has 1 aliphatic rings. The molecule has 1 N–H and O–H groups in total. The van der Waals surface area contributed by atoms with E-state index >= 15 is 0 Å². The molecule has 0 spiro atoms. The average Bonchev–Trinajstić information content (AvgIpc) is 2.58. The molecule has 3 nitrogen and oxygen atoms in total. The number of halogens is 2. The third-order valence-corrected chi connectivity index (χ3v) is 4.74. The van der Waals surface area contributed by atoms with Gasteiger partial charge in [0.05, 0.1) is 18.2 Å². The number of nitrogens with zero attached hydrogens (tertiary/aromatic N) is 1. The summed E-state index contributed by atoms with van der Waals surface area (Å²) in [6.45, 7) is 3.98. The number of benzene rings is 2. The predicted molar refractivity (Wildman–Crippen MR) is 95.7 cm³/mol. The molecular weight excluding hydrogens is 331 g/mol. The third-order valence-electron chi connectivity index (χ3n) is 4.19. The van der Waals surface area contributed by atoms with Crippen LogP contribution in [-0.4, -0.2) is 38.2 Å². The van der Waals surface area contributed by atoms with E-state index in [0.717, 1.165) is 31.2 Å². The van der Waals surface area contributed by atoms with Gasteiger partial charge in [-0.25, -0.2) is 0 Å². The van der Waals surface area contributed by atoms with Crippen molar-refractivity contribution < 1.29 is 4.74 Å². The van der Waals surface area contributed by atoms with E-state index < -0.39 is 0 Å². The molecule has 1 atom stereocenters. The topological polar surface area (TPSA) is 24.5 Å². The lowest BCUT2D eigenvalue weighted by Gasteiger charge is -2.35. The van der Waals surface area contributed by atoms with E-state index in [1.807, 2.05) is 24.3 Å². The number of hydrogen-bond donors (Lipinski definition) is 1. The van der Waals surface area contributed by atoms with Crippen LogP contribution in [0.15, 0.2) is 42.5 Å². The molecule has 0 aliphatic carbocycles. The van der Waals surface area contributed by atoms with Gasteiger partial charge >= 0.3 is 0 Å². The smallest absolute Gasteiger partial charge is 0.137 e. The minimum atomic E-state index is 0.165. The summed E-state index contributed by atoms with van der Waals surface area (Å²) in [4.78, 5) is 2.47. The number of nitrogens with one attached hydrogen (secondary N) is 1. The van der Waals surface area contributed by atoms with Gasteiger partial charge in [-0.1, -0.05) is 41.4 Å². The van der Waals surface area contributed by atoms with E-state index in [-0.39, 0.29) is 6.04 Å². The summed E-state index contributed by atoms with van der Waals surface area (Å²) in [5, 5.41) is 4.79. The van der Waals surface area contributed by atoms with Gasteiger partial charge in [-0.15, -0.1) is 0 Å². The second-order valence-corrected chi connectivity index (χ2v) is 6.48. The number of piperazine rings is 1. The maximum atomic E-state index is 6.35. The first-order valence-corrected chi connectivity index (χ1v) is 8.48. The van der Waals surface area contributed by atoms with Gasteiger partial charge in [0.1, 0.15) is 5.75 Å². The van der Waals surface area contributed by atoms with Crippen LogP contribution in [0.3, 0.4) is 0 Å². The molecule has 23 heavy (non-hydrogen) atoms. The zero-order chi connectivity index (χ0) is 16.2. The third kappa shape index (κ3) is 3.81. The van der Waals surface area contributed by atoms with Crippen LogP contribution < -0.4 is 10.1 Å². The molecule has 1 unspecified atom stereocenters. The lowest BCUT2D eigenvalue weighted by atomic mass is 9.96. The van der Waals surface area contributed by atoms with Crippen LogP contribution >= 0.6 is 23.2 Å². The Morgan fingerprint density at radius 2 is 1.65 bits per heavy atom. The van der Waals surface area contributed by atoms with Crippen molar-refractivity contribution in [1.82, 2.24) is 10.2 Å². The first-order valence-electron chi connectivity index (χ1n) is 7.72. The van der Waals surface area contributed by atoms with E-state index in [1.54, 1.807) is 7.11 Å². The summed E-state index contributed by atoms with van der Waals surface area (Å²) in [7, 11) is 1.63. The first kappa shape index (κ1) is 16.6. The van der Waals surface area contributed by atoms with Crippen LogP contribution in [0, 0.1) is 0 Å². The molecule has 2 aromatic rings. The van der Waals surface area contributed by atoms with Gasteiger partial charge < -0.3 is 10.1 Å². The van der Waals surface area contributed by atoms with Crippen LogP contribution in [0.1, 0.15) is 17.2 Å². The van der Waals surface area contributed by atoms with Crippen molar-refractivity contribution >= 4 is 23.2 Å².